The Labute approximate surface area is 127 Å². The summed E-state index contributed by atoms with van der Waals surface area (Å²) in [5, 5.41) is 9.63. The Morgan fingerprint density at radius 2 is 1.52 bits per heavy atom. The molecule has 1 aliphatic heterocycles. The molecule has 0 radical (unpaired) electrons. The van der Waals surface area contributed by atoms with Gasteiger partial charge in [-0.3, -0.25) is 0 Å². The quantitative estimate of drug-likeness (QED) is 0.547. The molecule has 1 aliphatic rings. The molecule has 0 spiro atoms. The first-order valence-electron chi connectivity index (χ1n) is 7.88. The van der Waals surface area contributed by atoms with Crippen molar-refractivity contribution in [3.8, 4) is 0 Å². The molecule has 0 bridgehead atoms. The van der Waals surface area contributed by atoms with Gasteiger partial charge in [-0.05, 0) is 18.8 Å². The molecule has 1 saturated heterocycles. The first-order chi connectivity index (χ1) is 10.2. The highest BCUT2D eigenvalue weighted by molar-refractivity contribution is 4.71. The average Bonchev–Trinajstić information content (AvgIpc) is 2.48. The summed E-state index contributed by atoms with van der Waals surface area (Å²) in [4.78, 5) is 0. The van der Waals surface area contributed by atoms with Gasteiger partial charge in [0.1, 0.15) is 6.10 Å². The van der Waals surface area contributed by atoms with Crippen LogP contribution in [-0.4, -0.2) is 70.4 Å². The van der Waals surface area contributed by atoms with Gasteiger partial charge in [0, 0.05) is 6.61 Å². The number of hydrogen-bond donors (Lipinski definition) is 1. The Morgan fingerprint density at radius 3 is 2.14 bits per heavy atom. The molecule has 0 amide bonds. The third-order valence-electron chi connectivity index (χ3n) is 3.16. The number of aliphatic hydroxyl groups is 1. The van der Waals surface area contributed by atoms with Crippen LogP contribution in [0.5, 0.6) is 0 Å². The monoisotopic (exact) mass is 306 g/mol. The molecule has 1 heterocycles. The van der Waals surface area contributed by atoms with E-state index in [2.05, 4.69) is 13.8 Å². The van der Waals surface area contributed by atoms with Crippen LogP contribution in [0.15, 0.2) is 0 Å². The first-order valence-corrected chi connectivity index (χ1v) is 7.88. The molecule has 21 heavy (non-hydrogen) atoms. The maximum absolute atomic E-state index is 9.63. The zero-order chi connectivity index (χ0) is 15.3. The van der Waals surface area contributed by atoms with Crippen molar-refractivity contribution in [2.75, 3.05) is 52.9 Å². The molecular formula is C15H30O6. The van der Waals surface area contributed by atoms with Crippen LogP contribution in [0.2, 0.25) is 0 Å². The maximum Gasteiger partial charge on any atom is 0.181 e. The van der Waals surface area contributed by atoms with Crippen LogP contribution in [-0.2, 0) is 23.7 Å². The number of aliphatic hydroxyl groups excluding tert-OH is 1. The van der Waals surface area contributed by atoms with E-state index in [1.807, 2.05) is 0 Å². The second-order valence-corrected chi connectivity index (χ2v) is 5.31. The lowest BCUT2D eigenvalue weighted by Gasteiger charge is -2.31. The molecule has 0 saturated carbocycles. The van der Waals surface area contributed by atoms with Gasteiger partial charge in [0.15, 0.2) is 6.29 Å². The topological polar surface area (TPSA) is 66.4 Å². The van der Waals surface area contributed by atoms with Crippen LogP contribution in [0.25, 0.3) is 0 Å². The highest BCUT2D eigenvalue weighted by Crippen LogP contribution is 2.20. The summed E-state index contributed by atoms with van der Waals surface area (Å²) in [6, 6.07) is 0. The molecule has 3 unspecified atom stereocenters. The van der Waals surface area contributed by atoms with Crippen molar-refractivity contribution >= 4 is 0 Å². The summed E-state index contributed by atoms with van der Waals surface area (Å²) in [5.74, 6) is 0.419. The lowest BCUT2D eigenvalue weighted by molar-refractivity contribution is -0.216. The van der Waals surface area contributed by atoms with Crippen molar-refractivity contribution in [3.05, 3.63) is 0 Å². The van der Waals surface area contributed by atoms with Gasteiger partial charge >= 0.3 is 0 Å². The molecule has 0 aromatic carbocycles. The van der Waals surface area contributed by atoms with Gasteiger partial charge in [-0.15, -0.1) is 0 Å². The van der Waals surface area contributed by atoms with E-state index in [-0.39, 0.29) is 6.10 Å². The van der Waals surface area contributed by atoms with Gasteiger partial charge in [-0.1, -0.05) is 13.8 Å². The van der Waals surface area contributed by atoms with Gasteiger partial charge in [0.05, 0.1) is 46.2 Å². The van der Waals surface area contributed by atoms with E-state index < -0.39 is 6.29 Å². The third-order valence-corrected chi connectivity index (χ3v) is 3.16. The highest BCUT2D eigenvalue weighted by atomic mass is 16.6. The summed E-state index contributed by atoms with van der Waals surface area (Å²) in [6.45, 7) is 8.82. The Bertz CT molecular complexity index is 238. The molecule has 1 fully saturated rings. The second kappa shape index (κ2) is 12.3. The van der Waals surface area contributed by atoms with E-state index in [1.165, 1.54) is 0 Å². The molecule has 0 aliphatic carbocycles. The van der Waals surface area contributed by atoms with Crippen molar-refractivity contribution in [1.82, 2.24) is 0 Å². The summed E-state index contributed by atoms with van der Waals surface area (Å²) >= 11 is 0. The maximum atomic E-state index is 9.63. The fourth-order valence-corrected chi connectivity index (χ4v) is 2.05. The first kappa shape index (κ1) is 18.8. The molecule has 6 nitrogen and oxygen atoms in total. The van der Waals surface area contributed by atoms with Crippen LogP contribution in [0.3, 0.4) is 0 Å². The summed E-state index contributed by atoms with van der Waals surface area (Å²) < 4.78 is 26.8. The minimum absolute atomic E-state index is 0.246. The van der Waals surface area contributed by atoms with Gasteiger partial charge < -0.3 is 28.8 Å². The van der Waals surface area contributed by atoms with Gasteiger partial charge in [0.2, 0.25) is 0 Å². The minimum Gasteiger partial charge on any atom is -0.379 e. The van der Waals surface area contributed by atoms with E-state index in [0.717, 1.165) is 19.4 Å². The molecular weight excluding hydrogens is 276 g/mol. The van der Waals surface area contributed by atoms with E-state index >= 15 is 0 Å². The molecule has 3 atom stereocenters. The van der Waals surface area contributed by atoms with Crippen molar-refractivity contribution < 1.29 is 28.8 Å². The predicted octanol–water partition coefficient (Wildman–Crippen LogP) is 1.21. The molecule has 0 aromatic heterocycles. The van der Waals surface area contributed by atoms with Crippen LogP contribution >= 0.6 is 0 Å². The fourth-order valence-electron chi connectivity index (χ4n) is 2.05. The molecule has 126 valence electrons. The van der Waals surface area contributed by atoms with E-state index in [9.17, 15) is 5.11 Å². The van der Waals surface area contributed by atoms with Crippen LogP contribution in [0.1, 0.15) is 26.7 Å². The Kier molecular flexibility index (Phi) is 11.0. The van der Waals surface area contributed by atoms with Crippen molar-refractivity contribution in [1.29, 1.82) is 0 Å². The Hall–Kier alpha value is -0.240. The van der Waals surface area contributed by atoms with Crippen molar-refractivity contribution in [2.45, 2.75) is 39.1 Å². The molecule has 6 heteroatoms. The van der Waals surface area contributed by atoms with E-state index in [0.29, 0.717) is 52.2 Å². The standard InChI is InChI=1S/C15H30O6/c1-3-4-17-5-6-18-7-8-19-9-10-20-14-11-13(2)12-21-15(14)16/h13-16H,3-12H2,1-2H3. The molecule has 0 aromatic rings. The van der Waals surface area contributed by atoms with Gasteiger partial charge in [0.25, 0.3) is 0 Å². The minimum atomic E-state index is -0.812. The van der Waals surface area contributed by atoms with Crippen molar-refractivity contribution in [2.24, 2.45) is 5.92 Å². The van der Waals surface area contributed by atoms with Crippen LogP contribution in [0.4, 0.5) is 0 Å². The molecule has 1 rings (SSSR count). The Balaban J connectivity index is 1.84. The number of hydrogen-bond acceptors (Lipinski definition) is 6. The summed E-state index contributed by atoms with van der Waals surface area (Å²) in [6.07, 6.45) is 0.793. The lowest BCUT2D eigenvalue weighted by Crippen LogP contribution is -2.40. The zero-order valence-electron chi connectivity index (χ0n) is 13.3. The fraction of sp³-hybridized carbons (Fsp3) is 1.00. The van der Waals surface area contributed by atoms with Crippen LogP contribution in [0, 0.1) is 5.92 Å². The van der Waals surface area contributed by atoms with Gasteiger partial charge in [-0.25, -0.2) is 0 Å². The lowest BCUT2D eigenvalue weighted by atomic mass is 10.0. The average molecular weight is 306 g/mol. The highest BCUT2D eigenvalue weighted by Gasteiger charge is 2.28. The van der Waals surface area contributed by atoms with E-state index in [1.54, 1.807) is 0 Å². The van der Waals surface area contributed by atoms with Crippen LogP contribution < -0.4 is 0 Å². The normalized spacial score (nSPS) is 26.1. The number of rotatable bonds is 12. The zero-order valence-corrected chi connectivity index (χ0v) is 13.3. The predicted molar refractivity (Wildman–Crippen MR) is 78.2 cm³/mol. The van der Waals surface area contributed by atoms with Gasteiger partial charge in [-0.2, -0.15) is 0 Å². The smallest absolute Gasteiger partial charge is 0.181 e. The second-order valence-electron chi connectivity index (χ2n) is 5.31. The summed E-state index contributed by atoms with van der Waals surface area (Å²) in [7, 11) is 0. The number of ether oxygens (including phenoxy) is 5. The largest absolute Gasteiger partial charge is 0.379 e. The molecule has 1 N–H and O–H groups in total. The summed E-state index contributed by atoms with van der Waals surface area (Å²) in [5.41, 5.74) is 0. The third kappa shape index (κ3) is 9.39. The van der Waals surface area contributed by atoms with E-state index in [4.69, 9.17) is 23.7 Å². The van der Waals surface area contributed by atoms with Crippen molar-refractivity contribution in [3.63, 3.8) is 0 Å². The Morgan fingerprint density at radius 1 is 0.952 bits per heavy atom. The SMILES string of the molecule is CCCOCCOCCOCCOC1CC(C)COC1O.